The zero-order valence-corrected chi connectivity index (χ0v) is 15.9. The molecule has 0 aliphatic heterocycles. The van der Waals surface area contributed by atoms with Crippen LogP contribution < -0.4 is 10.2 Å². The van der Waals surface area contributed by atoms with Gasteiger partial charge >= 0.3 is 0 Å². The average molecular weight is 346 g/mol. The van der Waals surface area contributed by atoms with Crippen molar-refractivity contribution in [3.63, 3.8) is 0 Å². The number of hydrogen-bond donors (Lipinski definition) is 2. The molecule has 1 aromatic rings. The lowest BCUT2D eigenvalue weighted by Gasteiger charge is -2.33. The van der Waals surface area contributed by atoms with Crippen molar-refractivity contribution in [1.82, 2.24) is 5.43 Å². The van der Waals surface area contributed by atoms with E-state index in [0.717, 1.165) is 29.1 Å². The highest BCUT2D eigenvalue weighted by molar-refractivity contribution is 6.00. The van der Waals surface area contributed by atoms with Gasteiger partial charge in [-0.1, -0.05) is 26.0 Å². The van der Waals surface area contributed by atoms with Gasteiger partial charge in [0.2, 0.25) is 0 Å². The van der Waals surface area contributed by atoms with Crippen LogP contribution in [-0.2, 0) is 11.3 Å². The maximum Gasteiger partial charge on any atom is 0.118 e. The van der Waals surface area contributed by atoms with Gasteiger partial charge in [0.1, 0.15) is 11.9 Å². The summed E-state index contributed by atoms with van der Waals surface area (Å²) in [6, 6.07) is 7.77. The second-order valence-electron chi connectivity index (χ2n) is 7.15. The standard InChI is InChI=1S/C20H30N2O3/c1-6-21-22-17-12-20(3,4)19(23)18(11-14(17)2)25-13-15-7-9-16(24-5)10-8-15/h7-11,18-19,21,23H,6,12-13H2,1-5H3. The largest absolute Gasteiger partial charge is 0.497 e. The van der Waals surface area contributed by atoms with Crippen molar-refractivity contribution in [2.75, 3.05) is 13.7 Å². The molecular formula is C20H30N2O3. The number of nitrogens with one attached hydrogen (secondary N) is 1. The molecule has 1 aliphatic carbocycles. The highest BCUT2D eigenvalue weighted by Gasteiger charge is 2.38. The number of aliphatic hydroxyl groups is 1. The Hall–Kier alpha value is -1.85. The lowest BCUT2D eigenvalue weighted by molar-refractivity contribution is -0.0673. The molecule has 0 saturated carbocycles. The van der Waals surface area contributed by atoms with Crippen LogP contribution in [0.15, 0.2) is 41.0 Å². The number of hydrazone groups is 1. The maximum atomic E-state index is 10.8. The Morgan fingerprint density at radius 1 is 1.28 bits per heavy atom. The van der Waals surface area contributed by atoms with Gasteiger partial charge in [-0.15, -0.1) is 0 Å². The number of allylic oxidation sites excluding steroid dienone is 1. The van der Waals surface area contributed by atoms with E-state index in [0.29, 0.717) is 13.0 Å². The number of rotatable bonds is 6. The third-order valence-corrected chi connectivity index (χ3v) is 4.58. The molecule has 0 spiro atoms. The second-order valence-corrected chi connectivity index (χ2v) is 7.15. The first-order valence-electron chi connectivity index (χ1n) is 8.78. The SMILES string of the molecule is CCNN=C1CC(C)(C)C(O)C(OCc2ccc(OC)cc2)C=C1C. The summed E-state index contributed by atoms with van der Waals surface area (Å²) >= 11 is 0. The van der Waals surface area contributed by atoms with E-state index in [1.165, 1.54) is 0 Å². The van der Waals surface area contributed by atoms with Crippen molar-refractivity contribution >= 4 is 5.71 Å². The molecule has 138 valence electrons. The molecule has 0 amide bonds. The van der Waals surface area contributed by atoms with E-state index in [2.05, 4.69) is 24.4 Å². The van der Waals surface area contributed by atoms with Crippen LogP contribution in [0.4, 0.5) is 0 Å². The van der Waals surface area contributed by atoms with Gasteiger partial charge in [-0.2, -0.15) is 5.10 Å². The van der Waals surface area contributed by atoms with Crippen molar-refractivity contribution in [2.45, 2.75) is 52.9 Å². The van der Waals surface area contributed by atoms with Crippen molar-refractivity contribution in [1.29, 1.82) is 0 Å². The van der Waals surface area contributed by atoms with E-state index in [1.54, 1.807) is 7.11 Å². The summed E-state index contributed by atoms with van der Waals surface area (Å²) in [5.41, 5.74) is 5.76. The molecule has 5 heteroatoms. The van der Waals surface area contributed by atoms with E-state index < -0.39 is 6.10 Å². The molecule has 0 radical (unpaired) electrons. The molecule has 25 heavy (non-hydrogen) atoms. The number of ether oxygens (including phenoxy) is 2. The van der Waals surface area contributed by atoms with Crippen molar-refractivity contribution in [3.8, 4) is 5.75 Å². The van der Waals surface area contributed by atoms with Gasteiger partial charge in [0, 0.05) is 6.54 Å². The van der Waals surface area contributed by atoms with Crippen LogP contribution in [0.25, 0.3) is 0 Å². The summed E-state index contributed by atoms with van der Waals surface area (Å²) in [4.78, 5) is 0. The number of hydrogen-bond acceptors (Lipinski definition) is 5. The topological polar surface area (TPSA) is 63.1 Å². The van der Waals surface area contributed by atoms with E-state index in [-0.39, 0.29) is 11.5 Å². The fourth-order valence-electron chi connectivity index (χ4n) is 2.91. The Morgan fingerprint density at radius 2 is 1.96 bits per heavy atom. The van der Waals surface area contributed by atoms with Gasteiger partial charge in [-0.25, -0.2) is 0 Å². The molecule has 5 nitrogen and oxygen atoms in total. The van der Waals surface area contributed by atoms with Gasteiger partial charge in [0.05, 0.1) is 25.5 Å². The Balaban J connectivity index is 2.14. The number of methoxy groups -OCH3 is 1. The van der Waals surface area contributed by atoms with E-state index in [4.69, 9.17) is 9.47 Å². The molecule has 0 fully saturated rings. The van der Waals surface area contributed by atoms with Gasteiger partial charge < -0.3 is 20.0 Å². The van der Waals surface area contributed by atoms with E-state index in [9.17, 15) is 5.11 Å². The van der Waals surface area contributed by atoms with E-state index >= 15 is 0 Å². The third kappa shape index (κ3) is 5.06. The molecule has 0 bridgehead atoms. The Morgan fingerprint density at radius 3 is 2.56 bits per heavy atom. The number of nitrogens with zero attached hydrogens (tertiary/aromatic N) is 1. The minimum absolute atomic E-state index is 0.326. The quantitative estimate of drug-likeness (QED) is 0.776. The fourth-order valence-corrected chi connectivity index (χ4v) is 2.91. The summed E-state index contributed by atoms with van der Waals surface area (Å²) < 4.78 is 11.2. The summed E-state index contributed by atoms with van der Waals surface area (Å²) in [5.74, 6) is 0.819. The molecular weight excluding hydrogens is 316 g/mol. The summed E-state index contributed by atoms with van der Waals surface area (Å²) in [6.45, 7) is 9.35. The molecule has 2 unspecified atom stereocenters. The summed E-state index contributed by atoms with van der Waals surface area (Å²) in [5, 5.41) is 15.3. The third-order valence-electron chi connectivity index (χ3n) is 4.58. The minimum Gasteiger partial charge on any atom is -0.497 e. The monoisotopic (exact) mass is 346 g/mol. The zero-order chi connectivity index (χ0) is 18.4. The lowest BCUT2D eigenvalue weighted by Crippen LogP contribution is -2.39. The van der Waals surface area contributed by atoms with Gasteiger partial charge in [0.15, 0.2) is 0 Å². The second kappa shape index (κ2) is 8.50. The van der Waals surface area contributed by atoms with Gasteiger partial charge in [-0.3, -0.25) is 0 Å². The Kier molecular flexibility index (Phi) is 6.62. The van der Waals surface area contributed by atoms with Gasteiger partial charge in [-0.05, 0) is 55.0 Å². The molecule has 1 aromatic carbocycles. The van der Waals surface area contributed by atoms with Crippen molar-refractivity contribution in [3.05, 3.63) is 41.5 Å². The van der Waals surface area contributed by atoms with Crippen LogP contribution in [0, 0.1) is 5.41 Å². The van der Waals surface area contributed by atoms with Crippen LogP contribution in [0.3, 0.4) is 0 Å². The highest BCUT2D eigenvalue weighted by Crippen LogP contribution is 2.34. The van der Waals surface area contributed by atoms with Crippen LogP contribution in [0.1, 0.15) is 39.7 Å². The van der Waals surface area contributed by atoms with Crippen molar-refractivity contribution in [2.24, 2.45) is 10.5 Å². The normalized spacial score (nSPS) is 24.6. The van der Waals surface area contributed by atoms with Crippen LogP contribution in [0.2, 0.25) is 0 Å². The van der Waals surface area contributed by atoms with Crippen molar-refractivity contribution < 1.29 is 14.6 Å². The zero-order valence-electron chi connectivity index (χ0n) is 15.9. The molecule has 0 heterocycles. The minimum atomic E-state index is -0.602. The molecule has 1 aliphatic rings. The number of benzene rings is 1. The first kappa shape index (κ1) is 19.5. The fraction of sp³-hybridized carbons (Fsp3) is 0.550. The first-order valence-corrected chi connectivity index (χ1v) is 8.78. The summed E-state index contributed by atoms with van der Waals surface area (Å²) in [6.07, 6.45) is 1.71. The van der Waals surface area contributed by atoms with E-state index in [1.807, 2.05) is 44.2 Å². The average Bonchev–Trinajstić information content (AvgIpc) is 2.68. The highest BCUT2D eigenvalue weighted by atomic mass is 16.5. The Bertz CT molecular complexity index is 620. The van der Waals surface area contributed by atoms with Crippen LogP contribution in [0.5, 0.6) is 5.75 Å². The summed E-state index contributed by atoms with van der Waals surface area (Å²) in [7, 11) is 1.65. The number of aliphatic hydroxyl groups excluding tert-OH is 1. The molecule has 2 atom stereocenters. The lowest BCUT2D eigenvalue weighted by atomic mass is 9.80. The molecule has 2 N–H and O–H groups in total. The molecule has 0 saturated heterocycles. The van der Waals surface area contributed by atoms with Crippen LogP contribution >= 0.6 is 0 Å². The maximum absolute atomic E-state index is 10.8. The predicted molar refractivity (Wildman–Crippen MR) is 101 cm³/mol. The predicted octanol–water partition coefficient (Wildman–Crippen LogP) is 3.28. The van der Waals surface area contributed by atoms with Gasteiger partial charge in [0.25, 0.3) is 0 Å². The van der Waals surface area contributed by atoms with Crippen LogP contribution in [-0.4, -0.2) is 36.7 Å². The molecule has 0 aromatic heterocycles. The molecule has 2 rings (SSSR count). The Labute approximate surface area is 150 Å². The first-order chi connectivity index (χ1) is 11.9. The smallest absolute Gasteiger partial charge is 0.118 e.